The number of hydrogen-bond donors (Lipinski definition) is 0. The molecule has 0 aromatic heterocycles. The molecule has 92 valence electrons. The maximum absolute atomic E-state index is 11.9. The minimum atomic E-state index is -4.59. The lowest BCUT2D eigenvalue weighted by molar-refractivity contribution is -0.363. The van der Waals surface area contributed by atoms with Crippen LogP contribution in [0.3, 0.4) is 0 Å². The van der Waals surface area contributed by atoms with Crippen molar-refractivity contribution >= 4 is 0 Å². The lowest BCUT2D eigenvalue weighted by Gasteiger charge is -2.28. The van der Waals surface area contributed by atoms with Crippen LogP contribution in [-0.2, 0) is 9.47 Å². The Labute approximate surface area is 88.7 Å². The minimum Gasteiger partial charge on any atom is -0.376 e. The van der Waals surface area contributed by atoms with Crippen molar-refractivity contribution in [3.8, 4) is 0 Å². The van der Waals surface area contributed by atoms with E-state index < -0.39 is 12.0 Å². The standard InChI is InChI=1S/C10H19F3O2/c1-8(2,3)14-7-6-9(4,5)15-10(11,12)13/h6-7H2,1-5H3. The number of ether oxygens (including phenoxy) is 2. The van der Waals surface area contributed by atoms with Gasteiger partial charge in [-0.05, 0) is 41.0 Å². The molecule has 0 amide bonds. The van der Waals surface area contributed by atoms with E-state index in [1.54, 1.807) is 0 Å². The summed E-state index contributed by atoms with van der Waals surface area (Å²) in [5.74, 6) is 0. The van der Waals surface area contributed by atoms with Gasteiger partial charge in [0.2, 0.25) is 0 Å². The lowest BCUT2D eigenvalue weighted by Crippen LogP contribution is -2.34. The first-order valence-electron chi connectivity index (χ1n) is 4.82. The smallest absolute Gasteiger partial charge is 0.376 e. The predicted octanol–water partition coefficient (Wildman–Crippen LogP) is 3.51. The molecule has 0 saturated heterocycles. The highest BCUT2D eigenvalue weighted by molar-refractivity contribution is 4.70. The molecule has 0 saturated carbocycles. The van der Waals surface area contributed by atoms with Gasteiger partial charge in [-0.15, -0.1) is 13.2 Å². The Bertz CT molecular complexity index is 192. The molecule has 0 unspecified atom stereocenters. The zero-order chi connectivity index (χ0) is 12.3. The summed E-state index contributed by atoms with van der Waals surface area (Å²) in [5.41, 5.74) is -1.59. The van der Waals surface area contributed by atoms with Crippen molar-refractivity contribution in [2.45, 2.75) is 58.6 Å². The summed E-state index contributed by atoms with van der Waals surface area (Å²) in [6, 6.07) is 0. The highest BCUT2D eigenvalue weighted by Gasteiger charge is 2.37. The first-order chi connectivity index (χ1) is 6.41. The third kappa shape index (κ3) is 10.0. The van der Waals surface area contributed by atoms with Crippen LogP contribution in [-0.4, -0.2) is 24.2 Å². The van der Waals surface area contributed by atoms with Crippen LogP contribution in [0.4, 0.5) is 13.2 Å². The molecule has 0 aromatic rings. The van der Waals surface area contributed by atoms with Crippen molar-refractivity contribution in [2.24, 2.45) is 0 Å². The topological polar surface area (TPSA) is 18.5 Å². The fraction of sp³-hybridized carbons (Fsp3) is 1.00. The van der Waals surface area contributed by atoms with Crippen molar-refractivity contribution in [3.05, 3.63) is 0 Å². The molecule has 0 radical (unpaired) electrons. The summed E-state index contributed by atoms with van der Waals surface area (Å²) in [6.45, 7) is 8.59. The molecule has 0 aliphatic rings. The number of alkyl halides is 3. The third-order valence-electron chi connectivity index (χ3n) is 1.63. The maximum atomic E-state index is 11.9. The van der Waals surface area contributed by atoms with Gasteiger partial charge in [0.1, 0.15) is 0 Å². The molecule has 0 aromatic carbocycles. The molecule has 2 nitrogen and oxygen atoms in total. The van der Waals surface area contributed by atoms with Crippen LogP contribution in [0, 0.1) is 0 Å². The van der Waals surface area contributed by atoms with Crippen molar-refractivity contribution < 1.29 is 22.6 Å². The summed E-state index contributed by atoms with van der Waals surface area (Å²) in [4.78, 5) is 0. The zero-order valence-corrected chi connectivity index (χ0v) is 9.86. The van der Waals surface area contributed by atoms with E-state index in [1.165, 1.54) is 13.8 Å². The van der Waals surface area contributed by atoms with Gasteiger partial charge >= 0.3 is 6.36 Å². The van der Waals surface area contributed by atoms with Crippen LogP contribution >= 0.6 is 0 Å². The SMILES string of the molecule is CC(C)(C)OCCC(C)(C)OC(F)(F)F. The molecule has 0 heterocycles. The highest BCUT2D eigenvalue weighted by atomic mass is 19.4. The van der Waals surface area contributed by atoms with Crippen molar-refractivity contribution in [1.82, 2.24) is 0 Å². The Balaban J connectivity index is 3.95. The average molecular weight is 228 g/mol. The molecule has 0 aliphatic carbocycles. The lowest BCUT2D eigenvalue weighted by atomic mass is 10.1. The molecule has 0 N–H and O–H groups in total. The highest BCUT2D eigenvalue weighted by Crippen LogP contribution is 2.27. The van der Waals surface area contributed by atoms with E-state index >= 15 is 0 Å². The minimum absolute atomic E-state index is 0.198. The largest absolute Gasteiger partial charge is 0.523 e. The van der Waals surface area contributed by atoms with Gasteiger partial charge in [0.05, 0.1) is 17.8 Å². The summed E-state index contributed by atoms with van der Waals surface area (Å²) >= 11 is 0. The van der Waals surface area contributed by atoms with Crippen LogP contribution in [0.1, 0.15) is 41.0 Å². The van der Waals surface area contributed by atoms with Crippen LogP contribution in [0.15, 0.2) is 0 Å². The van der Waals surface area contributed by atoms with E-state index in [-0.39, 0.29) is 18.6 Å². The fourth-order valence-corrected chi connectivity index (χ4v) is 0.967. The van der Waals surface area contributed by atoms with Gasteiger partial charge in [0.15, 0.2) is 0 Å². The summed E-state index contributed by atoms with van der Waals surface area (Å²) in [5, 5.41) is 0. The molecule has 0 spiro atoms. The second kappa shape index (κ2) is 4.70. The van der Waals surface area contributed by atoms with E-state index in [2.05, 4.69) is 4.74 Å². The molecular weight excluding hydrogens is 209 g/mol. The van der Waals surface area contributed by atoms with Gasteiger partial charge in [0, 0.05) is 0 Å². The van der Waals surface area contributed by atoms with Crippen molar-refractivity contribution in [3.63, 3.8) is 0 Å². The number of halogens is 3. The summed E-state index contributed by atoms with van der Waals surface area (Å²) in [6.07, 6.45) is -4.39. The van der Waals surface area contributed by atoms with Gasteiger partial charge in [0.25, 0.3) is 0 Å². The number of rotatable bonds is 4. The predicted molar refractivity (Wildman–Crippen MR) is 51.5 cm³/mol. The average Bonchev–Trinajstić information content (AvgIpc) is 1.75. The quantitative estimate of drug-likeness (QED) is 0.733. The molecule has 5 heteroatoms. The van der Waals surface area contributed by atoms with Gasteiger partial charge in [-0.3, -0.25) is 4.74 Å². The van der Waals surface area contributed by atoms with Crippen LogP contribution < -0.4 is 0 Å². The van der Waals surface area contributed by atoms with E-state index in [9.17, 15) is 13.2 Å². The van der Waals surface area contributed by atoms with Gasteiger partial charge in [-0.1, -0.05) is 0 Å². The van der Waals surface area contributed by atoms with Crippen LogP contribution in [0.2, 0.25) is 0 Å². The van der Waals surface area contributed by atoms with E-state index in [0.717, 1.165) is 0 Å². The van der Waals surface area contributed by atoms with Gasteiger partial charge in [-0.25, -0.2) is 0 Å². The summed E-state index contributed by atoms with van der Waals surface area (Å²) in [7, 11) is 0. The zero-order valence-electron chi connectivity index (χ0n) is 9.86. The third-order valence-corrected chi connectivity index (χ3v) is 1.63. The van der Waals surface area contributed by atoms with Gasteiger partial charge in [-0.2, -0.15) is 0 Å². The second-order valence-corrected chi connectivity index (χ2v) is 5.02. The first-order valence-corrected chi connectivity index (χ1v) is 4.82. The van der Waals surface area contributed by atoms with Crippen LogP contribution in [0.25, 0.3) is 0 Å². The Morgan fingerprint density at radius 3 is 1.73 bits per heavy atom. The molecule has 0 atom stereocenters. The number of hydrogen-bond acceptors (Lipinski definition) is 2. The first kappa shape index (κ1) is 14.7. The molecule has 15 heavy (non-hydrogen) atoms. The molecule has 0 rings (SSSR count). The molecule has 0 fully saturated rings. The van der Waals surface area contributed by atoms with E-state index in [1.807, 2.05) is 20.8 Å². The molecular formula is C10H19F3O2. The maximum Gasteiger partial charge on any atom is 0.523 e. The second-order valence-electron chi connectivity index (χ2n) is 5.02. The van der Waals surface area contributed by atoms with Crippen molar-refractivity contribution in [1.29, 1.82) is 0 Å². The normalized spacial score (nSPS) is 14.4. The van der Waals surface area contributed by atoms with E-state index in [0.29, 0.717) is 0 Å². The van der Waals surface area contributed by atoms with Crippen LogP contribution in [0.5, 0.6) is 0 Å². The fourth-order valence-electron chi connectivity index (χ4n) is 0.967. The Morgan fingerprint density at radius 2 is 1.40 bits per heavy atom. The summed E-state index contributed by atoms with van der Waals surface area (Å²) < 4.78 is 45.1. The molecule has 0 aliphatic heterocycles. The van der Waals surface area contributed by atoms with Crippen molar-refractivity contribution in [2.75, 3.05) is 6.61 Å². The van der Waals surface area contributed by atoms with Gasteiger partial charge < -0.3 is 4.74 Å². The Morgan fingerprint density at radius 1 is 0.933 bits per heavy atom. The monoisotopic (exact) mass is 228 g/mol. The molecule has 0 bridgehead atoms. The van der Waals surface area contributed by atoms with E-state index in [4.69, 9.17) is 4.74 Å². The Hall–Kier alpha value is -0.290. The Kier molecular flexibility index (Phi) is 4.61.